The van der Waals surface area contributed by atoms with Crippen LogP contribution in [0.5, 0.6) is 0 Å². The molecule has 1 aliphatic carbocycles. The second kappa shape index (κ2) is 8.51. The molecule has 1 aromatic heterocycles. The molecule has 7 heteroatoms. The van der Waals surface area contributed by atoms with Gasteiger partial charge in [0.15, 0.2) is 0 Å². The number of amides is 1. The third-order valence-corrected chi connectivity index (χ3v) is 4.18. The van der Waals surface area contributed by atoms with E-state index in [1.165, 1.54) is 36.7 Å². The molecule has 0 aliphatic heterocycles. The van der Waals surface area contributed by atoms with E-state index in [2.05, 4.69) is 26.7 Å². The third-order valence-electron chi connectivity index (χ3n) is 4.18. The molecule has 0 saturated carbocycles. The second-order valence-electron chi connectivity index (χ2n) is 6.13. The Morgan fingerprint density at radius 1 is 1.19 bits per heavy atom. The quantitative estimate of drug-likeness (QED) is 0.755. The zero-order valence-electron chi connectivity index (χ0n) is 14.3. The minimum absolute atomic E-state index is 0.100. The van der Waals surface area contributed by atoms with E-state index in [1.54, 1.807) is 0 Å². The average molecular weight is 358 g/mol. The second-order valence-corrected chi connectivity index (χ2v) is 6.13. The van der Waals surface area contributed by atoms with Crippen molar-refractivity contribution in [3.8, 4) is 0 Å². The summed E-state index contributed by atoms with van der Waals surface area (Å²) in [6, 6.07) is 4.39. The van der Waals surface area contributed by atoms with Crippen LogP contribution in [0.2, 0.25) is 0 Å². The van der Waals surface area contributed by atoms with Crippen molar-refractivity contribution >= 4 is 17.5 Å². The van der Waals surface area contributed by atoms with Crippen molar-refractivity contribution in [2.45, 2.75) is 32.1 Å². The first-order valence-corrected chi connectivity index (χ1v) is 8.63. The van der Waals surface area contributed by atoms with Crippen molar-refractivity contribution in [3.05, 3.63) is 59.4 Å². The number of nitrogens with zero attached hydrogens (tertiary/aromatic N) is 2. The van der Waals surface area contributed by atoms with Gasteiger partial charge >= 0.3 is 0 Å². The van der Waals surface area contributed by atoms with Crippen LogP contribution in [0.25, 0.3) is 0 Å². The lowest BCUT2D eigenvalue weighted by Gasteiger charge is -2.13. The van der Waals surface area contributed by atoms with E-state index >= 15 is 0 Å². The number of hydrogen-bond donors (Lipinski definition) is 2. The van der Waals surface area contributed by atoms with Gasteiger partial charge in [0.2, 0.25) is 5.95 Å². The van der Waals surface area contributed by atoms with Crippen LogP contribution in [-0.4, -0.2) is 22.4 Å². The molecule has 0 saturated heterocycles. The van der Waals surface area contributed by atoms with Crippen LogP contribution in [-0.2, 0) is 0 Å². The monoisotopic (exact) mass is 358 g/mol. The highest BCUT2D eigenvalue weighted by atomic mass is 19.1. The molecule has 1 aliphatic rings. The fourth-order valence-electron chi connectivity index (χ4n) is 2.81. The molecule has 1 aromatic carbocycles. The Labute approximate surface area is 150 Å². The van der Waals surface area contributed by atoms with Crippen LogP contribution in [0, 0.1) is 11.6 Å². The van der Waals surface area contributed by atoms with Gasteiger partial charge in [-0.25, -0.2) is 18.7 Å². The lowest BCUT2D eigenvalue weighted by Crippen LogP contribution is -2.16. The lowest BCUT2D eigenvalue weighted by molar-refractivity contribution is 0.102. The van der Waals surface area contributed by atoms with Gasteiger partial charge in [0.25, 0.3) is 5.91 Å². The fraction of sp³-hybridized carbons (Fsp3) is 0.316. The van der Waals surface area contributed by atoms with Crippen molar-refractivity contribution in [3.63, 3.8) is 0 Å². The molecule has 0 radical (unpaired) electrons. The number of carbonyl (C=O) groups excluding carboxylic acids is 1. The van der Waals surface area contributed by atoms with E-state index in [9.17, 15) is 13.6 Å². The van der Waals surface area contributed by atoms with Gasteiger partial charge in [0, 0.05) is 18.8 Å². The zero-order valence-corrected chi connectivity index (χ0v) is 14.3. The Morgan fingerprint density at radius 3 is 2.85 bits per heavy atom. The summed E-state index contributed by atoms with van der Waals surface area (Å²) >= 11 is 0. The lowest BCUT2D eigenvalue weighted by atomic mass is 9.97. The predicted octanol–water partition coefficient (Wildman–Crippen LogP) is 4.31. The van der Waals surface area contributed by atoms with Gasteiger partial charge in [-0.15, -0.1) is 0 Å². The maximum Gasteiger partial charge on any atom is 0.274 e. The van der Waals surface area contributed by atoms with Crippen LogP contribution in [0.1, 0.15) is 42.6 Å². The Bertz CT molecular complexity index is 823. The molecule has 136 valence electrons. The topological polar surface area (TPSA) is 66.9 Å². The highest BCUT2D eigenvalue weighted by Crippen LogP contribution is 2.20. The first-order valence-electron chi connectivity index (χ1n) is 8.63. The standard InChI is InChI=1S/C19H20F2N4O/c20-14-6-7-16(15(21)12-14)24-18(26)17-9-11-23-19(25-17)22-10-8-13-4-2-1-3-5-13/h4,6-7,9,11-12H,1-3,5,8,10H2,(H,24,26)(H,22,23,25). The third kappa shape index (κ3) is 4.84. The molecule has 0 bridgehead atoms. The Balaban J connectivity index is 1.59. The molecular formula is C19H20F2N4O. The molecule has 2 N–H and O–H groups in total. The van der Waals surface area contributed by atoms with Gasteiger partial charge in [0.1, 0.15) is 17.3 Å². The molecule has 1 amide bonds. The van der Waals surface area contributed by atoms with Crippen molar-refractivity contribution in [1.82, 2.24) is 9.97 Å². The zero-order chi connectivity index (χ0) is 18.4. The largest absolute Gasteiger partial charge is 0.354 e. The van der Waals surface area contributed by atoms with E-state index < -0.39 is 17.5 Å². The van der Waals surface area contributed by atoms with Crippen LogP contribution < -0.4 is 10.6 Å². The van der Waals surface area contributed by atoms with Crippen molar-refractivity contribution in [2.75, 3.05) is 17.2 Å². The molecule has 0 atom stereocenters. The highest BCUT2D eigenvalue weighted by molar-refractivity contribution is 6.03. The number of rotatable bonds is 6. The first kappa shape index (κ1) is 18.0. The van der Waals surface area contributed by atoms with Crippen LogP contribution >= 0.6 is 0 Å². The van der Waals surface area contributed by atoms with Gasteiger partial charge in [0.05, 0.1) is 5.69 Å². The summed E-state index contributed by atoms with van der Waals surface area (Å²) in [6.45, 7) is 0.684. The smallest absolute Gasteiger partial charge is 0.274 e. The minimum atomic E-state index is -0.841. The summed E-state index contributed by atoms with van der Waals surface area (Å²) in [6.07, 6.45) is 9.43. The first-order chi connectivity index (χ1) is 12.6. The average Bonchev–Trinajstić information content (AvgIpc) is 2.65. The molecule has 26 heavy (non-hydrogen) atoms. The van der Waals surface area contributed by atoms with E-state index in [4.69, 9.17) is 0 Å². The van der Waals surface area contributed by atoms with Crippen molar-refractivity contribution < 1.29 is 13.6 Å². The molecule has 1 heterocycles. The maximum absolute atomic E-state index is 13.6. The molecule has 5 nitrogen and oxygen atoms in total. The molecule has 0 unspecified atom stereocenters. The number of allylic oxidation sites excluding steroid dienone is 1. The van der Waals surface area contributed by atoms with Crippen LogP contribution in [0.4, 0.5) is 20.4 Å². The van der Waals surface area contributed by atoms with E-state index in [1.807, 2.05) is 0 Å². The number of nitrogens with one attached hydrogen (secondary N) is 2. The summed E-state index contributed by atoms with van der Waals surface area (Å²) in [5.74, 6) is -1.79. The van der Waals surface area contributed by atoms with Crippen molar-refractivity contribution in [2.24, 2.45) is 0 Å². The number of halogens is 2. The molecular weight excluding hydrogens is 338 g/mol. The summed E-state index contributed by atoms with van der Waals surface area (Å²) in [5, 5.41) is 5.48. The molecule has 3 rings (SSSR count). The Hall–Kier alpha value is -2.83. The minimum Gasteiger partial charge on any atom is -0.354 e. The van der Waals surface area contributed by atoms with Gasteiger partial charge < -0.3 is 10.6 Å². The number of hydrogen-bond acceptors (Lipinski definition) is 4. The molecule has 2 aromatic rings. The van der Waals surface area contributed by atoms with Gasteiger partial charge in [-0.2, -0.15) is 0 Å². The van der Waals surface area contributed by atoms with Crippen LogP contribution in [0.3, 0.4) is 0 Å². The Kier molecular flexibility index (Phi) is 5.88. The summed E-state index contributed by atoms with van der Waals surface area (Å²) < 4.78 is 26.6. The number of anilines is 2. The van der Waals surface area contributed by atoms with Gasteiger partial charge in [-0.3, -0.25) is 4.79 Å². The Morgan fingerprint density at radius 2 is 2.08 bits per heavy atom. The van der Waals surface area contributed by atoms with Crippen LogP contribution in [0.15, 0.2) is 42.1 Å². The molecule has 0 spiro atoms. The SMILES string of the molecule is O=C(Nc1ccc(F)cc1F)c1ccnc(NCCC2=CCCCC2)n1. The van der Waals surface area contributed by atoms with Crippen molar-refractivity contribution in [1.29, 1.82) is 0 Å². The maximum atomic E-state index is 13.6. The highest BCUT2D eigenvalue weighted by Gasteiger charge is 2.12. The fourth-order valence-corrected chi connectivity index (χ4v) is 2.81. The number of carbonyl (C=O) groups is 1. The van der Waals surface area contributed by atoms with Gasteiger partial charge in [-0.1, -0.05) is 11.6 Å². The molecule has 0 fully saturated rings. The van der Waals surface area contributed by atoms with E-state index in [0.717, 1.165) is 25.3 Å². The van der Waals surface area contributed by atoms with E-state index in [0.29, 0.717) is 18.6 Å². The number of aromatic nitrogens is 2. The number of benzene rings is 1. The summed E-state index contributed by atoms with van der Waals surface area (Å²) in [5.41, 5.74) is 1.43. The summed E-state index contributed by atoms with van der Waals surface area (Å²) in [4.78, 5) is 20.5. The van der Waals surface area contributed by atoms with E-state index in [-0.39, 0.29) is 11.4 Å². The van der Waals surface area contributed by atoms with Gasteiger partial charge in [-0.05, 0) is 50.3 Å². The normalized spacial score (nSPS) is 13.8. The predicted molar refractivity (Wildman–Crippen MR) is 96.0 cm³/mol. The summed E-state index contributed by atoms with van der Waals surface area (Å²) in [7, 11) is 0.